The highest BCUT2D eigenvalue weighted by molar-refractivity contribution is 7.13. The molecule has 1 N–H and O–H groups in total. The Morgan fingerprint density at radius 1 is 1.47 bits per heavy atom. The number of carbonyl (C=O) groups is 1. The van der Waals surface area contributed by atoms with Crippen molar-refractivity contribution in [3.63, 3.8) is 0 Å². The Morgan fingerprint density at radius 3 is 2.82 bits per heavy atom. The lowest BCUT2D eigenvalue weighted by Gasteiger charge is -2.04. The van der Waals surface area contributed by atoms with Gasteiger partial charge in [0.05, 0.1) is 17.3 Å². The molecule has 0 unspecified atom stereocenters. The highest BCUT2D eigenvalue weighted by Gasteiger charge is 2.12. The zero-order valence-electron chi connectivity index (χ0n) is 10.1. The molecule has 17 heavy (non-hydrogen) atoms. The molecule has 0 radical (unpaired) electrons. The topological polar surface area (TPSA) is 51.2 Å². The molecule has 1 amide bonds. The standard InChI is InChI=1S/C11H17ClN2O2S/c1-8-10(17-9(2)14-8)11(15)13-5-3-6-16-7-4-12/h3-7H2,1-2H3,(H,13,15). The number of rotatable bonds is 7. The number of ether oxygens (including phenoxy) is 1. The average molecular weight is 277 g/mol. The molecule has 0 aliphatic carbocycles. The third-order valence-corrected chi connectivity index (χ3v) is 3.31. The van der Waals surface area contributed by atoms with Crippen molar-refractivity contribution in [2.75, 3.05) is 25.6 Å². The van der Waals surface area contributed by atoms with Crippen LogP contribution in [0.3, 0.4) is 0 Å². The van der Waals surface area contributed by atoms with Gasteiger partial charge in [-0.15, -0.1) is 22.9 Å². The van der Waals surface area contributed by atoms with Gasteiger partial charge < -0.3 is 10.1 Å². The molecule has 0 aliphatic rings. The first-order valence-corrected chi connectivity index (χ1v) is 6.86. The fourth-order valence-corrected chi connectivity index (χ4v) is 2.30. The van der Waals surface area contributed by atoms with Gasteiger partial charge in [-0.1, -0.05) is 0 Å². The highest BCUT2D eigenvalue weighted by Crippen LogP contribution is 2.16. The average Bonchev–Trinajstić information content (AvgIpc) is 2.62. The molecule has 4 nitrogen and oxygen atoms in total. The van der Waals surface area contributed by atoms with Crippen LogP contribution in [-0.4, -0.2) is 36.5 Å². The molecule has 0 fully saturated rings. The van der Waals surface area contributed by atoms with E-state index in [1.807, 2.05) is 13.8 Å². The van der Waals surface area contributed by atoms with Crippen LogP contribution < -0.4 is 5.32 Å². The van der Waals surface area contributed by atoms with Gasteiger partial charge in [0, 0.05) is 19.0 Å². The second kappa shape index (κ2) is 7.63. The van der Waals surface area contributed by atoms with Crippen molar-refractivity contribution in [2.45, 2.75) is 20.3 Å². The van der Waals surface area contributed by atoms with Gasteiger partial charge in [0.2, 0.25) is 0 Å². The van der Waals surface area contributed by atoms with Crippen molar-refractivity contribution in [2.24, 2.45) is 0 Å². The summed E-state index contributed by atoms with van der Waals surface area (Å²) in [6, 6.07) is 0. The van der Waals surface area contributed by atoms with Crippen molar-refractivity contribution in [1.82, 2.24) is 10.3 Å². The lowest BCUT2D eigenvalue weighted by molar-refractivity contribution is 0.0947. The first-order valence-electron chi connectivity index (χ1n) is 5.51. The Kier molecular flexibility index (Phi) is 6.47. The molecule has 1 aromatic heterocycles. The number of hydrogen-bond donors (Lipinski definition) is 1. The second-order valence-electron chi connectivity index (χ2n) is 3.56. The lowest BCUT2D eigenvalue weighted by Crippen LogP contribution is -2.25. The van der Waals surface area contributed by atoms with E-state index in [-0.39, 0.29) is 5.91 Å². The maximum atomic E-state index is 11.8. The summed E-state index contributed by atoms with van der Waals surface area (Å²) in [7, 11) is 0. The quantitative estimate of drug-likeness (QED) is 0.613. The third kappa shape index (κ3) is 5.02. The molecule has 0 atom stereocenters. The number of halogens is 1. The van der Waals surface area contributed by atoms with E-state index in [4.69, 9.17) is 16.3 Å². The smallest absolute Gasteiger partial charge is 0.263 e. The number of hydrogen-bond acceptors (Lipinski definition) is 4. The first-order chi connectivity index (χ1) is 8.15. The van der Waals surface area contributed by atoms with E-state index in [1.165, 1.54) is 11.3 Å². The predicted octanol–water partition coefficient (Wildman–Crippen LogP) is 2.14. The number of aromatic nitrogens is 1. The Bertz CT molecular complexity index is 368. The van der Waals surface area contributed by atoms with Crippen LogP contribution in [0.5, 0.6) is 0 Å². The minimum atomic E-state index is -0.0505. The largest absolute Gasteiger partial charge is 0.380 e. The Balaban J connectivity index is 2.23. The van der Waals surface area contributed by atoms with Crippen molar-refractivity contribution in [3.8, 4) is 0 Å². The Hall–Kier alpha value is -0.650. The summed E-state index contributed by atoms with van der Waals surface area (Å²) < 4.78 is 5.21. The first kappa shape index (κ1) is 14.4. The van der Waals surface area contributed by atoms with E-state index in [0.717, 1.165) is 17.1 Å². The van der Waals surface area contributed by atoms with Crippen molar-refractivity contribution >= 4 is 28.8 Å². The van der Waals surface area contributed by atoms with Crippen molar-refractivity contribution in [3.05, 3.63) is 15.6 Å². The van der Waals surface area contributed by atoms with Gasteiger partial charge in [-0.3, -0.25) is 4.79 Å². The number of alkyl halides is 1. The summed E-state index contributed by atoms with van der Waals surface area (Å²) in [5.41, 5.74) is 0.795. The van der Waals surface area contributed by atoms with E-state index in [2.05, 4.69) is 10.3 Å². The summed E-state index contributed by atoms with van der Waals surface area (Å²) in [5, 5.41) is 3.76. The van der Waals surface area contributed by atoms with E-state index >= 15 is 0 Å². The second-order valence-corrected chi connectivity index (χ2v) is 5.14. The van der Waals surface area contributed by atoms with Crippen LogP contribution >= 0.6 is 22.9 Å². The fourth-order valence-electron chi connectivity index (χ4n) is 1.36. The third-order valence-electron chi connectivity index (χ3n) is 2.08. The number of aryl methyl sites for hydroxylation is 2. The predicted molar refractivity (Wildman–Crippen MR) is 70.1 cm³/mol. The van der Waals surface area contributed by atoms with Crippen LogP contribution in [0.4, 0.5) is 0 Å². The van der Waals surface area contributed by atoms with Crippen LogP contribution in [-0.2, 0) is 4.74 Å². The molecule has 0 aliphatic heterocycles. The lowest BCUT2D eigenvalue weighted by atomic mass is 10.3. The van der Waals surface area contributed by atoms with Gasteiger partial charge in [-0.2, -0.15) is 0 Å². The van der Waals surface area contributed by atoms with Gasteiger partial charge in [0.15, 0.2) is 0 Å². The van der Waals surface area contributed by atoms with Gasteiger partial charge >= 0.3 is 0 Å². The van der Waals surface area contributed by atoms with Gasteiger partial charge in [0.25, 0.3) is 5.91 Å². The normalized spacial score (nSPS) is 10.5. The van der Waals surface area contributed by atoms with Crippen molar-refractivity contribution < 1.29 is 9.53 Å². The van der Waals surface area contributed by atoms with Crippen LogP contribution in [0.15, 0.2) is 0 Å². The van der Waals surface area contributed by atoms with E-state index < -0.39 is 0 Å². The maximum absolute atomic E-state index is 11.8. The summed E-state index contributed by atoms with van der Waals surface area (Å²) in [4.78, 5) is 16.7. The molecular formula is C11H17ClN2O2S. The number of amides is 1. The molecular weight excluding hydrogens is 260 g/mol. The summed E-state index contributed by atoms with van der Waals surface area (Å²) >= 11 is 6.89. The van der Waals surface area contributed by atoms with Crippen LogP contribution in [0.1, 0.15) is 26.8 Å². The molecule has 0 bridgehead atoms. The minimum absolute atomic E-state index is 0.0505. The molecule has 1 heterocycles. The molecule has 0 spiro atoms. The van der Waals surface area contributed by atoms with Gasteiger partial charge in [-0.05, 0) is 20.3 Å². The summed E-state index contributed by atoms with van der Waals surface area (Å²) in [6.07, 6.45) is 0.791. The fraction of sp³-hybridized carbons (Fsp3) is 0.636. The number of nitrogens with one attached hydrogen (secondary N) is 1. The van der Waals surface area contributed by atoms with Gasteiger partial charge in [-0.25, -0.2) is 4.98 Å². The molecule has 1 rings (SSSR count). The van der Waals surface area contributed by atoms with Crippen molar-refractivity contribution in [1.29, 1.82) is 0 Å². The molecule has 96 valence electrons. The molecule has 0 saturated carbocycles. The van der Waals surface area contributed by atoms with Gasteiger partial charge in [0.1, 0.15) is 4.88 Å². The highest BCUT2D eigenvalue weighted by atomic mass is 35.5. The molecule has 6 heteroatoms. The molecule has 0 aromatic carbocycles. The summed E-state index contributed by atoms with van der Waals surface area (Å²) in [6.45, 7) is 5.53. The number of thiazole rings is 1. The minimum Gasteiger partial charge on any atom is -0.380 e. The maximum Gasteiger partial charge on any atom is 0.263 e. The SMILES string of the molecule is Cc1nc(C)c(C(=O)NCCCOCCCl)s1. The van der Waals surface area contributed by atoms with E-state index in [0.29, 0.717) is 30.5 Å². The van der Waals surface area contributed by atoms with Crippen LogP contribution in [0, 0.1) is 13.8 Å². The zero-order chi connectivity index (χ0) is 12.7. The monoisotopic (exact) mass is 276 g/mol. The molecule has 1 aromatic rings. The van der Waals surface area contributed by atoms with Crippen LogP contribution in [0.2, 0.25) is 0 Å². The summed E-state index contributed by atoms with van der Waals surface area (Å²) in [5.74, 6) is 0.455. The van der Waals surface area contributed by atoms with E-state index in [9.17, 15) is 4.79 Å². The zero-order valence-corrected chi connectivity index (χ0v) is 11.7. The number of carbonyl (C=O) groups excluding carboxylic acids is 1. The van der Waals surface area contributed by atoms with E-state index in [1.54, 1.807) is 0 Å². The van der Waals surface area contributed by atoms with Crippen LogP contribution in [0.25, 0.3) is 0 Å². The Labute approximate surface area is 110 Å². The number of nitrogens with zero attached hydrogens (tertiary/aromatic N) is 1. The Morgan fingerprint density at radius 2 is 2.24 bits per heavy atom. The molecule has 0 saturated heterocycles.